The van der Waals surface area contributed by atoms with Gasteiger partial charge in [-0.2, -0.15) is 0 Å². The summed E-state index contributed by atoms with van der Waals surface area (Å²) in [5.74, 6) is -0.291. The number of allylic oxidation sites excluding steroid dienone is 1. The molecular formula is C24H24O2. The van der Waals surface area contributed by atoms with Gasteiger partial charge in [0.05, 0.1) is 12.7 Å². The van der Waals surface area contributed by atoms with E-state index in [0.717, 1.165) is 27.8 Å². The summed E-state index contributed by atoms with van der Waals surface area (Å²) in [6, 6.07) is 14.7. The number of rotatable bonds is 3. The lowest BCUT2D eigenvalue weighted by molar-refractivity contribution is 0.0599. The second kappa shape index (κ2) is 7.17. The monoisotopic (exact) mass is 344 g/mol. The number of carbonyl (C=O) groups is 1. The van der Waals surface area contributed by atoms with Crippen LogP contribution in [0.15, 0.2) is 48.5 Å². The average Bonchev–Trinajstić information content (AvgIpc) is 2.66. The molecule has 2 heteroatoms. The number of fused-ring (bicyclic) bond motifs is 1. The normalized spacial score (nSPS) is 11.3. The standard InChI is InChI=1S/C24H24O2/c1-6-10-21-22(16(3)15(2)17(4)23(21)24(25)26-5)20-14-9-12-18-11-7-8-13-19(18)20/h6-14H,1-5H3. The molecule has 3 rings (SSSR count). The van der Waals surface area contributed by atoms with Gasteiger partial charge in [0.15, 0.2) is 0 Å². The molecule has 0 radical (unpaired) electrons. The van der Waals surface area contributed by atoms with E-state index >= 15 is 0 Å². The van der Waals surface area contributed by atoms with Crippen LogP contribution in [0, 0.1) is 20.8 Å². The molecule has 0 heterocycles. The Morgan fingerprint density at radius 3 is 2.31 bits per heavy atom. The zero-order valence-electron chi connectivity index (χ0n) is 16.0. The molecular weight excluding hydrogens is 320 g/mol. The molecule has 0 saturated carbocycles. The number of hydrogen-bond donors (Lipinski definition) is 0. The molecule has 132 valence electrons. The highest BCUT2D eigenvalue weighted by atomic mass is 16.5. The predicted molar refractivity (Wildman–Crippen MR) is 110 cm³/mol. The molecule has 0 aliphatic rings. The molecule has 2 nitrogen and oxygen atoms in total. The van der Waals surface area contributed by atoms with Crippen LogP contribution in [-0.4, -0.2) is 13.1 Å². The van der Waals surface area contributed by atoms with E-state index < -0.39 is 0 Å². The van der Waals surface area contributed by atoms with Crippen molar-refractivity contribution in [1.82, 2.24) is 0 Å². The topological polar surface area (TPSA) is 26.3 Å². The minimum atomic E-state index is -0.291. The van der Waals surface area contributed by atoms with Crippen LogP contribution in [0.3, 0.4) is 0 Å². The number of methoxy groups -OCH3 is 1. The first-order valence-electron chi connectivity index (χ1n) is 8.84. The van der Waals surface area contributed by atoms with E-state index in [-0.39, 0.29) is 5.97 Å². The molecule has 0 spiro atoms. The van der Waals surface area contributed by atoms with Crippen molar-refractivity contribution in [2.75, 3.05) is 7.11 Å². The fourth-order valence-corrected chi connectivity index (χ4v) is 3.67. The summed E-state index contributed by atoms with van der Waals surface area (Å²) < 4.78 is 5.10. The molecule has 0 aromatic heterocycles. The van der Waals surface area contributed by atoms with Crippen molar-refractivity contribution in [1.29, 1.82) is 0 Å². The summed E-state index contributed by atoms with van der Waals surface area (Å²) in [4.78, 5) is 12.6. The van der Waals surface area contributed by atoms with E-state index in [4.69, 9.17) is 4.74 Å². The number of carbonyl (C=O) groups excluding carboxylic acids is 1. The van der Waals surface area contributed by atoms with E-state index in [9.17, 15) is 4.79 Å². The Kier molecular flexibility index (Phi) is 4.94. The lowest BCUT2D eigenvalue weighted by Crippen LogP contribution is -2.11. The molecule has 0 bridgehead atoms. The number of benzene rings is 3. The third-order valence-corrected chi connectivity index (χ3v) is 5.20. The average molecular weight is 344 g/mol. The van der Waals surface area contributed by atoms with E-state index in [2.05, 4.69) is 50.2 Å². The molecule has 0 saturated heterocycles. The second-order valence-corrected chi connectivity index (χ2v) is 6.56. The van der Waals surface area contributed by atoms with Gasteiger partial charge in [0.2, 0.25) is 0 Å². The quantitative estimate of drug-likeness (QED) is 0.525. The summed E-state index contributed by atoms with van der Waals surface area (Å²) >= 11 is 0. The molecule has 0 fully saturated rings. The Morgan fingerprint density at radius 2 is 1.62 bits per heavy atom. The first-order chi connectivity index (χ1) is 12.5. The van der Waals surface area contributed by atoms with Crippen LogP contribution < -0.4 is 0 Å². The van der Waals surface area contributed by atoms with Gasteiger partial charge in [-0.1, -0.05) is 54.6 Å². The van der Waals surface area contributed by atoms with Crippen molar-refractivity contribution < 1.29 is 9.53 Å². The van der Waals surface area contributed by atoms with E-state index in [1.807, 2.05) is 32.1 Å². The van der Waals surface area contributed by atoms with Crippen LogP contribution in [-0.2, 0) is 4.74 Å². The molecule has 0 aliphatic heterocycles. The van der Waals surface area contributed by atoms with E-state index in [1.54, 1.807) is 0 Å². The van der Waals surface area contributed by atoms with E-state index in [1.165, 1.54) is 23.4 Å². The number of esters is 1. The lowest BCUT2D eigenvalue weighted by Gasteiger charge is -2.21. The smallest absolute Gasteiger partial charge is 0.338 e. The Labute approximate surface area is 155 Å². The van der Waals surface area contributed by atoms with Crippen LogP contribution in [0.4, 0.5) is 0 Å². The van der Waals surface area contributed by atoms with Crippen LogP contribution in [0.25, 0.3) is 28.0 Å². The molecule has 0 N–H and O–H groups in total. The fourth-order valence-electron chi connectivity index (χ4n) is 3.67. The Balaban J connectivity index is 2.51. The van der Waals surface area contributed by atoms with Crippen molar-refractivity contribution in [3.8, 4) is 11.1 Å². The summed E-state index contributed by atoms with van der Waals surface area (Å²) in [5.41, 5.74) is 7.12. The largest absolute Gasteiger partial charge is 0.465 e. The predicted octanol–water partition coefficient (Wildman–Crippen LogP) is 6.25. The van der Waals surface area contributed by atoms with Crippen molar-refractivity contribution in [3.05, 3.63) is 76.4 Å². The first-order valence-corrected chi connectivity index (χ1v) is 8.84. The summed E-state index contributed by atoms with van der Waals surface area (Å²) in [6.07, 6.45) is 3.99. The maximum absolute atomic E-state index is 12.6. The first kappa shape index (κ1) is 17.9. The highest BCUT2D eigenvalue weighted by Gasteiger charge is 2.23. The molecule has 0 amide bonds. The maximum Gasteiger partial charge on any atom is 0.338 e. The van der Waals surface area contributed by atoms with Gasteiger partial charge in [-0.3, -0.25) is 0 Å². The van der Waals surface area contributed by atoms with Crippen molar-refractivity contribution >= 4 is 22.8 Å². The molecule has 3 aromatic rings. The highest BCUT2D eigenvalue weighted by Crippen LogP contribution is 2.39. The SMILES string of the molecule is CC=Cc1c(C(=O)OC)c(C)c(C)c(C)c1-c1cccc2ccccc12. The van der Waals surface area contributed by atoms with Crippen LogP contribution in [0.2, 0.25) is 0 Å². The van der Waals surface area contributed by atoms with Gasteiger partial charge in [-0.15, -0.1) is 0 Å². The van der Waals surface area contributed by atoms with Crippen LogP contribution in [0.1, 0.15) is 39.5 Å². The van der Waals surface area contributed by atoms with Gasteiger partial charge in [0, 0.05) is 0 Å². The molecule has 26 heavy (non-hydrogen) atoms. The van der Waals surface area contributed by atoms with Gasteiger partial charge in [0.1, 0.15) is 0 Å². The van der Waals surface area contributed by atoms with Crippen molar-refractivity contribution in [2.45, 2.75) is 27.7 Å². The minimum Gasteiger partial charge on any atom is -0.465 e. The summed E-state index contributed by atoms with van der Waals surface area (Å²) in [5, 5.41) is 2.37. The molecule has 0 aliphatic carbocycles. The summed E-state index contributed by atoms with van der Waals surface area (Å²) in [6.45, 7) is 8.17. The van der Waals surface area contributed by atoms with Gasteiger partial charge in [-0.05, 0) is 71.8 Å². The summed E-state index contributed by atoms with van der Waals surface area (Å²) in [7, 11) is 1.44. The van der Waals surface area contributed by atoms with Gasteiger partial charge >= 0.3 is 5.97 Å². The fraction of sp³-hybridized carbons (Fsp3) is 0.208. The van der Waals surface area contributed by atoms with Crippen LogP contribution >= 0.6 is 0 Å². The Bertz CT molecular complexity index is 1020. The van der Waals surface area contributed by atoms with Crippen LogP contribution in [0.5, 0.6) is 0 Å². The van der Waals surface area contributed by atoms with Gasteiger partial charge in [-0.25, -0.2) is 4.79 Å². The molecule has 0 atom stereocenters. The zero-order chi connectivity index (χ0) is 18.8. The van der Waals surface area contributed by atoms with Crippen molar-refractivity contribution in [3.63, 3.8) is 0 Å². The van der Waals surface area contributed by atoms with Gasteiger partial charge < -0.3 is 4.74 Å². The van der Waals surface area contributed by atoms with E-state index in [0.29, 0.717) is 5.56 Å². The molecule has 0 unspecified atom stereocenters. The Morgan fingerprint density at radius 1 is 0.923 bits per heavy atom. The second-order valence-electron chi connectivity index (χ2n) is 6.56. The molecule has 3 aromatic carbocycles. The number of hydrogen-bond acceptors (Lipinski definition) is 2. The van der Waals surface area contributed by atoms with Gasteiger partial charge in [0.25, 0.3) is 0 Å². The van der Waals surface area contributed by atoms with Crippen molar-refractivity contribution in [2.24, 2.45) is 0 Å². The third-order valence-electron chi connectivity index (χ3n) is 5.20. The zero-order valence-corrected chi connectivity index (χ0v) is 16.0. The third kappa shape index (κ3) is 2.82. The lowest BCUT2D eigenvalue weighted by atomic mass is 9.83. The maximum atomic E-state index is 12.6. The minimum absolute atomic E-state index is 0.291. The Hall–Kier alpha value is -2.87. The highest BCUT2D eigenvalue weighted by molar-refractivity contribution is 6.04. The number of ether oxygens (including phenoxy) is 1.